The molecule has 2 N–H and O–H groups in total. The molecule has 0 aliphatic rings. The van der Waals surface area contributed by atoms with Crippen molar-refractivity contribution in [2.45, 2.75) is 32.0 Å². The van der Waals surface area contributed by atoms with Gasteiger partial charge in [0.15, 0.2) is 0 Å². The van der Waals surface area contributed by atoms with E-state index in [4.69, 9.17) is 0 Å². The molecule has 0 aliphatic carbocycles. The maximum Gasteiger partial charge on any atom is 0.240 e. The van der Waals surface area contributed by atoms with E-state index in [9.17, 15) is 9.59 Å². The first-order chi connectivity index (χ1) is 8.70. The fraction of sp³-hybridized carbons (Fsp3) is 0.429. The maximum atomic E-state index is 11.8. The van der Waals surface area contributed by atoms with Gasteiger partial charge >= 0.3 is 0 Å². The molecular formula is C14H19BrN2O2. The lowest BCUT2D eigenvalue weighted by atomic mass is 10.2. The highest BCUT2D eigenvalue weighted by atomic mass is 79.9. The van der Waals surface area contributed by atoms with Gasteiger partial charge in [-0.1, -0.05) is 29.8 Å². The first kappa shape index (κ1) is 15.7. The van der Waals surface area contributed by atoms with E-state index < -0.39 is 4.32 Å². The Hall–Kier alpha value is -1.36. The molecule has 5 heteroatoms. The predicted molar refractivity (Wildman–Crippen MR) is 81.5 cm³/mol. The summed E-state index contributed by atoms with van der Waals surface area (Å²) in [5, 5.41) is 5.58. The second-order valence-electron chi connectivity index (χ2n) is 5.15. The number of amides is 2. The van der Waals surface area contributed by atoms with Crippen molar-refractivity contribution in [1.82, 2.24) is 0 Å². The summed E-state index contributed by atoms with van der Waals surface area (Å²) in [6, 6.07) is 7.04. The molecule has 19 heavy (non-hydrogen) atoms. The summed E-state index contributed by atoms with van der Waals surface area (Å²) in [5.74, 6) is -0.210. The number of anilines is 2. The number of halogens is 1. The van der Waals surface area contributed by atoms with E-state index in [1.165, 1.54) is 0 Å². The molecule has 104 valence electrons. The Morgan fingerprint density at radius 3 is 1.84 bits per heavy atom. The lowest BCUT2D eigenvalue weighted by Crippen LogP contribution is -2.30. The third-order valence-electron chi connectivity index (χ3n) is 2.47. The van der Waals surface area contributed by atoms with Crippen molar-refractivity contribution in [2.24, 2.45) is 5.92 Å². The van der Waals surface area contributed by atoms with Crippen LogP contribution in [0.25, 0.3) is 0 Å². The van der Waals surface area contributed by atoms with Crippen molar-refractivity contribution in [3.05, 3.63) is 24.3 Å². The Bertz CT molecular complexity index is 461. The van der Waals surface area contributed by atoms with E-state index in [2.05, 4.69) is 26.6 Å². The zero-order chi connectivity index (χ0) is 14.6. The third-order valence-corrected chi connectivity index (χ3v) is 2.83. The molecule has 0 heterocycles. The molecule has 2 amide bonds. The van der Waals surface area contributed by atoms with Crippen molar-refractivity contribution in [1.29, 1.82) is 0 Å². The first-order valence-electron chi connectivity index (χ1n) is 6.11. The van der Waals surface area contributed by atoms with E-state index in [0.29, 0.717) is 5.69 Å². The van der Waals surface area contributed by atoms with Crippen LogP contribution in [0, 0.1) is 5.92 Å². The lowest BCUT2D eigenvalue weighted by molar-refractivity contribution is -0.119. The number of carbonyl (C=O) groups is 2. The molecule has 4 nitrogen and oxygen atoms in total. The lowest BCUT2D eigenvalue weighted by Gasteiger charge is -2.16. The van der Waals surface area contributed by atoms with Crippen molar-refractivity contribution < 1.29 is 9.59 Å². The third kappa shape index (κ3) is 5.03. The molecule has 0 spiro atoms. The van der Waals surface area contributed by atoms with Crippen LogP contribution in [-0.4, -0.2) is 16.1 Å². The zero-order valence-corrected chi connectivity index (χ0v) is 13.2. The topological polar surface area (TPSA) is 58.2 Å². The average Bonchev–Trinajstić information content (AvgIpc) is 2.30. The summed E-state index contributed by atoms with van der Waals surface area (Å²) in [4.78, 5) is 23.3. The first-order valence-corrected chi connectivity index (χ1v) is 6.90. The van der Waals surface area contributed by atoms with Gasteiger partial charge in [0.25, 0.3) is 0 Å². The standard InChI is InChI=1S/C14H19BrN2O2/c1-9(2)12(18)16-10-5-7-11(8-6-10)17-13(19)14(3,4)15/h5-9H,1-4H3,(H,16,18)(H,17,19). The van der Waals surface area contributed by atoms with Gasteiger partial charge in [-0.3, -0.25) is 9.59 Å². The van der Waals surface area contributed by atoms with Crippen LogP contribution in [0.1, 0.15) is 27.7 Å². The van der Waals surface area contributed by atoms with Crippen molar-refractivity contribution >= 4 is 39.1 Å². The number of benzene rings is 1. The van der Waals surface area contributed by atoms with Gasteiger partial charge < -0.3 is 10.6 Å². The number of hydrogen-bond donors (Lipinski definition) is 2. The Balaban J connectivity index is 2.67. The van der Waals surface area contributed by atoms with E-state index >= 15 is 0 Å². The minimum Gasteiger partial charge on any atom is -0.326 e. The van der Waals surface area contributed by atoms with Gasteiger partial charge in [0.2, 0.25) is 11.8 Å². The number of rotatable bonds is 4. The van der Waals surface area contributed by atoms with Crippen LogP contribution < -0.4 is 10.6 Å². The van der Waals surface area contributed by atoms with Crippen LogP contribution in [0.5, 0.6) is 0 Å². The van der Waals surface area contributed by atoms with E-state index in [-0.39, 0.29) is 17.7 Å². The van der Waals surface area contributed by atoms with Crippen LogP contribution in [0.4, 0.5) is 11.4 Å². The van der Waals surface area contributed by atoms with Gasteiger partial charge in [0.1, 0.15) is 0 Å². The molecular weight excluding hydrogens is 308 g/mol. The van der Waals surface area contributed by atoms with Gasteiger partial charge in [0, 0.05) is 17.3 Å². The Kier molecular flexibility index (Phi) is 5.11. The van der Waals surface area contributed by atoms with Gasteiger partial charge in [-0.25, -0.2) is 0 Å². The van der Waals surface area contributed by atoms with Gasteiger partial charge in [-0.05, 0) is 38.1 Å². The van der Waals surface area contributed by atoms with Crippen LogP contribution in [-0.2, 0) is 9.59 Å². The molecule has 0 fully saturated rings. The second-order valence-corrected chi connectivity index (χ2v) is 7.13. The van der Waals surface area contributed by atoms with Crippen LogP contribution >= 0.6 is 15.9 Å². The smallest absolute Gasteiger partial charge is 0.240 e. The molecule has 0 saturated carbocycles. The fourth-order valence-corrected chi connectivity index (χ4v) is 1.30. The molecule has 0 atom stereocenters. The highest BCUT2D eigenvalue weighted by Crippen LogP contribution is 2.20. The van der Waals surface area contributed by atoms with Crippen molar-refractivity contribution in [3.63, 3.8) is 0 Å². The van der Waals surface area contributed by atoms with Crippen LogP contribution in [0.15, 0.2) is 24.3 Å². The molecule has 0 saturated heterocycles. The Morgan fingerprint density at radius 1 is 1.05 bits per heavy atom. The summed E-state index contributed by atoms with van der Waals surface area (Å²) in [6.07, 6.45) is 0. The predicted octanol–water partition coefficient (Wildman–Crippen LogP) is 3.39. The molecule has 0 bridgehead atoms. The molecule has 0 unspecified atom stereocenters. The Morgan fingerprint density at radius 2 is 1.47 bits per heavy atom. The number of nitrogens with one attached hydrogen (secondary N) is 2. The second kappa shape index (κ2) is 6.19. The summed E-state index contributed by atoms with van der Waals surface area (Å²) in [6.45, 7) is 7.23. The fourth-order valence-electron chi connectivity index (χ4n) is 1.20. The molecule has 1 aromatic carbocycles. The van der Waals surface area contributed by atoms with E-state index in [0.717, 1.165) is 5.69 Å². The minimum absolute atomic E-state index is 0.0293. The normalized spacial score (nSPS) is 11.3. The summed E-state index contributed by atoms with van der Waals surface area (Å²) in [7, 11) is 0. The van der Waals surface area contributed by atoms with Gasteiger partial charge in [-0.2, -0.15) is 0 Å². The van der Waals surface area contributed by atoms with Gasteiger partial charge in [-0.15, -0.1) is 0 Å². The zero-order valence-electron chi connectivity index (χ0n) is 11.6. The summed E-state index contributed by atoms with van der Waals surface area (Å²) < 4.78 is -0.614. The number of alkyl halides is 1. The highest BCUT2D eigenvalue weighted by molar-refractivity contribution is 9.10. The largest absolute Gasteiger partial charge is 0.326 e. The molecule has 1 aromatic rings. The summed E-state index contributed by atoms with van der Waals surface area (Å²) >= 11 is 3.30. The number of carbonyl (C=O) groups excluding carboxylic acids is 2. The maximum absolute atomic E-state index is 11.8. The summed E-state index contributed by atoms with van der Waals surface area (Å²) in [5.41, 5.74) is 1.41. The van der Waals surface area contributed by atoms with Crippen LogP contribution in [0.2, 0.25) is 0 Å². The monoisotopic (exact) mass is 326 g/mol. The molecule has 1 rings (SSSR count). The van der Waals surface area contributed by atoms with Gasteiger partial charge in [0.05, 0.1) is 4.32 Å². The SMILES string of the molecule is CC(C)C(=O)Nc1ccc(NC(=O)C(C)(C)Br)cc1. The average molecular weight is 327 g/mol. The molecule has 0 aromatic heterocycles. The van der Waals surface area contributed by atoms with E-state index in [1.54, 1.807) is 38.1 Å². The quantitative estimate of drug-likeness (QED) is 0.833. The Labute approximate surface area is 122 Å². The van der Waals surface area contributed by atoms with Crippen molar-refractivity contribution in [3.8, 4) is 0 Å². The minimum atomic E-state index is -0.614. The molecule has 0 aliphatic heterocycles. The van der Waals surface area contributed by atoms with E-state index in [1.807, 2.05) is 13.8 Å². The molecule has 0 radical (unpaired) electrons. The van der Waals surface area contributed by atoms with Crippen molar-refractivity contribution in [2.75, 3.05) is 10.6 Å². The highest BCUT2D eigenvalue weighted by Gasteiger charge is 2.23. The van der Waals surface area contributed by atoms with Crippen LogP contribution in [0.3, 0.4) is 0 Å². The number of hydrogen-bond acceptors (Lipinski definition) is 2.